The molecule has 0 spiro atoms. The fourth-order valence-corrected chi connectivity index (χ4v) is 5.58. The van der Waals surface area contributed by atoms with Crippen LogP contribution >= 0.6 is 34.3 Å². The molecule has 1 saturated heterocycles. The molecule has 0 aliphatic carbocycles. The molecule has 1 aliphatic heterocycles. The summed E-state index contributed by atoms with van der Waals surface area (Å²) in [5, 5.41) is 1.72. The first-order valence-electron chi connectivity index (χ1n) is 9.03. The van der Waals surface area contributed by atoms with E-state index in [0.29, 0.717) is 13.1 Å². The van der Waals surface area contributed by atoms with Gasteiger partial charge in [-0.15, -0.1) is 11.3 Å². The molecule has 0 bridgehead atoms. The standard InChI is InChI=1S/C20H17ClN4OS2/c1-12-2-4-14(21)18-17(12)23-20(28-18)25-8-6-24(7-9-25)19(26)13-3-5-15-16(10-13)27-11-22-15/h2-5,10-11H,6-9H2,1H3. The molecule has 8 heteroatoms. The van der Waals surface area contributed by atoms with E-state index in [-0.39, 0.29) is 5.91 Å². The van der Waals surface area contributed by atoms with E-state index in [4.69, 9.17) is 16.6 Å². The van der Waals surface area contributed by atoms with E-state index in [9.17, 15) is 4.79 Å². The highest BCUT2D eigenvalue weighted by Crippen LogP contribution is 2.36. The average molecular weight is 429 g/mol. The third kappa shape index (κ3) is 3.03. The maximum Gasteiger partial charge on any atom is 0.254 e. The van der Waals surface area contributed by atoms with Crippen molar-refractivity contribution < 1.29 is 4.79 Å². The molecular formula is C20H17ClN4OS2. The summed E-state index contributed by atoms with van der Waals surface area (Å²) in [6.07, 6.45) is 0. The van der Waals surface area contributed by atoms with Gasteiger partial charge in [0.25, 0.3) is 5.91 Å². The quantitative estimate of drug-likeness (QED) is 0.458. The Morgan fingerprint density at radius 1 is 1.14 bits per heavy atom. The lowest BCUT2D eigenvalue weighted by atomic mass is 10.1. The minimum Gasteiger partial charge on any atom is -0.345 e. The lowest BCUT2D eigenvalue weighted by molar-refractivity contribution is 0.0747. The summed E-state index contributed by atoms with van der Waals surface area (Å²) in [5.41, 5.74) is 5.59. The minimum absolute atomic E-state index is 0.0816. The van der Waals surface area contributed by atoms with Crippen LogP contribution in [0, 0.1) is 6.92 Å². The van der Waals surface area contributed by atoms with Crippen molar-refractivity contribution in [3.8, 4) is 0 Å². The van der Waals surface area contributed by atoms with Crippen molar-refractivity contribution >= 4 is 65.7 Å². The van der Waals surface area contributed by atoms with E-state index in [2.05, 4.69) is 16.8 Å². The highest BCUT2D eigenvalue weighted by Gasteiger charge is 2.24. The van der Waals surface area contributed by atoms with Gasteiger partial charge in [-0.1, -0.05) is 29.0 Å². The summed E-state index contributed by atoms with van der Waals surface area (Å²) in [6, 6.07) is 9.67. The molecule has 5 rings (SSSR count). The second-order valence-electron chi connectivity index (χ2n) is 6.85. The van der Waals surface area contributed by atoms with Gasteiger partial charge in [-0.05, 0) is 36.8 Å². The molecule has 142 valence electrons. The van der Waals surface area contributed by atoms with Crippen molar-refractivity contribution in [2.45, 2.75) is 6.92 Å². The smallest absolute Gasteiger partial charge is 0.254 e. The largest absolute Gasteiger partial charge is 0.345 e. The molecule has 0 saturated carbocycles. The Bertz CT molecular complexity index is 1150. The normalized spacial score (nSPS) is 14.9. The van der Waals surface area contributed by atoms with E-state index >= 15 is 0 Å². The monoisotopic (exact) mass is 428 g/mol. The fourth-order valence-electron chi connectivity index (χ4n) is 3.50. The number of halogens is 1. The number of thiazole rings is 2. The SMILES string of the molecule is Cc1ccc(Cl)c2sc(N3CCN(C(=O)c4ccc5ncsc5c4)CC3)nc12. The summed E-state index contributed by atoms with van der Waals surface area (Å²) in [7, 11) is 0. The number of benzene rings is 2. The van der Waals surface area contributed by atoms with Gasteiger partial charge < -0.3 is 9.80 Å². The molecule has 1 aliphatic rings. The summed E-state index contributed by atoms with van der Waals surface area (Å²) >= 11 is 9.53. The van der Waals surface area contributed by atoms with Crippen molar-refractivity contribution in [2.75, 3.05) is 31.1 Å². The van der Waals surface area contributed by atoms with Crippen molar-refractivity contribution in [3.63, 3.8) is 0 Å². The number of rotatable bonds is 2. The third-order valence-electron chi connectivity index (χ3n) is 5.10. The van der Waals surface area contributed by atoms with E-state index in [1.54, 1.807) is 22.7 Å². The van der Waals surface area contributed by atoms with E-state index in [0.717, 1.165) is 54.8 Å². The number of aromatic nitrogens is 2. The Balaban J connectivity index is 1.32. The number of hydrogen-bond donors (Lipinski definition) is 0. The molecule has 0 atom stereocenters. The molecule has 2 aromatic heterocycles. The van der Waals surface area contributed by atoms with Gasteiger partial charge in [-0.2, -0.15) is 0 Å². The van der Waals surface area contributed by atoms with Crippen LogP contribution in [-0.2, 0) is 0 Å². The maximum absolute atomic E-state index is 12.9. The van der Waals surface area contributed by atoms with Crippen molar-refractivity contribution in [3.05, 3.63) is 52.0 Å². The van der Waals surface area contributed by atoms with Crippen LogP contribution in [0.3, 0.4) is 0 Å². The Hall–Kier alpha value is -2.22. The number of carbonyl (C=O) groups is 1. The van der Waals surface area contributed by atoms with Crippen LogP contribution in [0.4, 0.5) is 5.13 Å². The number of hydrogen-bond acceptors (Lipinski definition) is 6. The van der Waals surface area contributed by atoms with Crippen molar-refractivity contribution in [1.29, 1.82) is 0 Å². The molecule has 1 amide bonds. The summed E-state index contributed by atoms with van der Waals surface area (Å²) in [5.74, 6) is 0.0816. The summed E-state index contributed by atoms with van der Waals surface area (Å²) < 4.78 is 2.08. The first kappa shape index (κ1) is 17.8. The summed E-state index contributed by atoms with van der Waals surface area (Å²) in [4.78, 5) is 26.1. The zero-order valence-corrected chi connectivity index (χ0v) is 17.6. The van der Waals surface area contributed by atoms with Gasteiger partial charge in [0.1, 0.15) is 0 Å². The van der Waals surface area contributed by atoms with Gasteiger partial charge in [-0.3, -0.25) is 4.79 Å². The Labute approximate surface area is 175 Å². The van der Waals surface area contributed by atoms with Crippen molar-refractivity contribution in [2.24, 2.45) is 0 Å². The first-order valence-corrected chi connectivity index (χ1v) is 11.1. The molecule has 28 heavy (non-hydrogen) atoms. The van der Waals surface area contributed by atoms with E-state index in [1.165, 1.54) is 0 Å². The van der Waals surface area contributed by atoms with Crippen LogP contribution in [0.15, 0.2) is 35.8 Å². The van der Waals surface area contributed by atoms with Crippen LogP contribution in [0.25, 0.3) is 20.4 Å². The van der Waals surface area contributed by atoms with Crippen LogP contribution in [-0.4, -0.2) is 47.0 Å². The lowest BCUT2D eigenvalue weighted by Crippen LogP contribution is -2.48. The molecule has 5 nitrogen and oxygen atoms in total. The predicted octanol–water partition coefficient (Wildman–Crippen LogP) is 4.83. The third-order valence-corrected chi connectivity index (χ3v) is 7.47. The molecule has 0 radical (unpaired) electrons. The highest BCUT2D eigenvalue weighted by molar-refractivity contribution is 7.22. The molecular weight excluding hydrogens is 412 g/mol. The van der Waals surface area contributed by atoms with Gasteiger partial charge in [0.15, 0.2) is 5.13 Å². The van der Waals surface area contributed by atoms with E-state index < -0.39 is 0 Å². The maximum atomic E-state index is 12.9. The number of amides is 1. The number of aryl methyl sites for hydroxylation is 1. The van der Waals surface area contributed by atoms with Gasteiger partial charge in [-0.25, -0.2) is 9.97 Å². The Morgan fingerprint density at radius 2 is 1.96 bits per heavy atom. The average Bonchev–Trinajstić information content (AvgIpc) is 3.37. The van der Waals surface area contributed by atoms with Crippen LogP contribution in [0.2, 0.25) is 5.02 Å². The number of piperazine rings is 1. The van der Waals surface area contributed by atoms with Gasteiger partial charge in [0, 0.05) is 31.7 Å². The molecule has 0 unspecified atom stereocenters. The molecule has 3 heterocycles. The first-order chi connectivity index (χ1) is 13.6. The Kier molecular flexibility index (Phi) is 4.45. The topological polar surface area (TPSA) is 49.3 Å². The summed E-state index contributed by atoms with van der Waals surface area (Å²) in [6.45, 7) is 4.96. The van der Waals surface area contributed by atoms with E-state index in [1.807, 2.05) is 40.7 Å². The second kappa shape index (κ2) is 6.99. The lowest BCUT2D eigenvalue weighted by Gasteiger charge is -2.34. The molecule has 4 aromatic rings. The number of nitrogens with zero attached hydrogens (tertiary/aromatic N) is 4. The molecule has 0 N–H and O–H groups in total. The minimum atomic E-state index is 0.0816. The number of anilines is 1. The fraction of sp³-hybridized carbons (Fsp3) is 0.250. The zero-order chi connectivity index (χ0) is 19.3. The van der Waals surface area contributed by atoms with Gasteiger partial charge in [0.2, 0.25) is 0 Å². The number of fused-ring (bicyclic) bond motifs is 2. The highest BCUT2D eigenvalue weighted by atomic mass is 35.5. The van der Waals surface area contributed by atoms with Crippen LogP contribution < -0.4 is 4.90 Å². The predicted molar refractivity (Wildman–Crippen MR) is 117 cm³/mol. The van der Waals surface area contributed by atoms with Crippen molar-refractivity contribution in [1.82, 2.24) is 14.9 Å². The second-order valence-corrected chi connectivity index (χ2v) is 9.12. The molecule has 1 fully saturated rings. The van der Waals surface area contributed by atoms with Crippen LogP contribution in [0.1, 0.15) is 15.9 Å². The van der Waals surface area contributed by atoms with Crippen LogP contribution in [0.5, 0.6) is 0 Å². The Morgan fingerprint density at radius 3 is 2.75 bits per heavy atom. The van der Waals surface area contributed by atoms with Gasteiger partial charge >= 0.3 is 0 Å². The zero-order valence-electron chi connectivity index (χ0n) is 15.2. The molecule has 2 aromatic carbocycles. The number of carbonyl (C=O) groups excluding carboxylic acids is 1. The van der Waals surface area contributed by atoms with Gasteiger partial charge in [0.05, 0.1) is 31.0 Å².